The standard InChI is InChI=1S/C30H26F2N4O4/c31-22-6-2-19(3-7-22)27(20-4-8-23(32)9-5-20)35-14-13-34(30(35)40)16-18-1-10-24-21(15-18)17-36(29(24)39)25-11-12-26(37)33-28(25)38/h1-10,15,25,27H,11-14,16-17H2,(H,33,37,38). The van der Waals surface area contributed by atoms with Crippen molar-refractivity contribution in [3.8, 4) is 0 Å². The van der Waals surface area contributed by atoms with Crippen molar-refractivity contribution < 1.29 is 28.0 Å². The summed E-state index contributed by atoms with van der Waals surface area (Å²) < 4.78 is 27.3. The van der Waals surface area contributed by atoms with Crippen molar-refractivity contribution in [3.05, 3.63) is 106 Å². The molecule has 0 saturated carbocycles. The number of nitrogens with one attached hydrogen (secondary N) is 1. The minimum absolute atomic E-state index is 0.187. The molecule has 3 heterocycles. The van der Waals surface area contributed by atoms with Crippen LogP contribution in [0.1, 0.15) is 51.5 Å². The van der Waals surface area contributed by atoms with Crippen molar-refractivity contribution in [2.75, 3.05) is 13.1 Å². The number of halogens is 2. The number of amides is 5. The number of hydrogen-bond donors (Lipinski definition) is 1. The fourth-order valence-corrected chi connectivity index (χ4v) is 5.78. The monoisotopic (exact) mass is 544 g/mol. The van der Waals surface area contributed by atoms with E-state index in [1.807, 2.05) is 6.07 Å². The lowest BCUT2D eigenvalue weighted by atomic mass is 9.97. The zero-order valence-corrected chi connectivity index (χ0v) is 21.5. The van der Waals surface area contributed by atoms with E-state index in [9.17, 15) is 28.0 Å². The van der Waals surface area contributed by atoms with Gasteiger partial charge >= 0.3 is 6.03 Å². The van der Waals surface area contributed by atoms with E-state index in [0.29, 0.717) is 42.7 Å². The van der Waals surface area contributed by atoms with Crippen LogP contribution in [0.2, 0.25) is 0 Å². The Morgan fingerprint density at radius 1 is 0.850 bits per heavy atom. The Hall–Kier alpha value is -4.60. The molecule has 6 rings (SSSR count). The number of piperidine rings is 1. The molecule has 1 atom stereocenters. The van der Waals surface area contributed by atoms with Gasteiger partial charge in [0.2, 0.25) is 11.8 Å². The Bertz CT molecular complexity index is 1460. The van der Waals surface area contributed by atoms with Gasteiger partial charge in [-0.15, -0.1) is 0 Å². The second-order valence-corrected chi connectivity index (χ2v) is 10.3. The summed E-state index contributed by atoms with van der Waals surface area (Å²) in [4.78, 5) is 55.4. The van der Waals surface area contributed by atoms with Crippen molar-refractivity contribution in [2.24, 2.45) is 0 Å². The molecule has 0 aromatic heterocycles. The molecular weight excluding hydrogens is 518 g/mol. The molecule has 5 amide bonds. The third kappa shape index (κ3) is 4.70. The first-order valence-electron chi connectivity index (χ1n) is 13.1. The third-order valence-electron chi connectivity index (χ3n) is 7.77. The second kappa shape index (κ2) is 10.2. The summed E-state index contributed by atoms with van der Waals surface area (Å²) in [5.74, 6) is -1.82. The van der Waals surface area contributed by atoms with Crippen LogP contribution in [0.4, 0.5) is 13.6 Å². The predicted molar refractivity (Wildman–Crippen MR) is 140 cm³/mol. The van der Waals surface area contributed by atoms with Gasteiger partial charge in [0, 0.05) is 38.2 Å². The molecule has 204 valence electrons. The van der Waals surface area contributed by atoms with Gasteiger partial charge in [-0.1, -0.05) is 36.4 Å². The van der Waals surface area contributed by atoms with Crippen molar-refractivity contribution in [1.29, 1.82) is 0 Å². The summed E-state index contributed by atoms with van der Waals surface area (Å²) in [5.41, 5.74) is 3.55. The number of benzene rings is 3. The van der Waals surface area contributed by atoms with Crippen molar-refractivity contribution >= 4 is 23.8 Å². The molecule has 1 unspecified atom stereocenters. The summed E-state index contributed by atoms with van der Waals surface area (Å²) in [7, 11) is 0. The molecule has 2 saturated heterocycles. The number of carbonyl (C=O) groups excluding carboxylic acids is 4. The van der Waals surface area contributed by atoms with Gasteiger partial charge in [-0.3, -0.25) is 19.7 Å². The minimum atomic E-state index is -0.690. The third-order valence-corrected chi connectivity index (χ3v) is 7.77. The van der Waals surface area contributed by atoms with E-state index in [2.05, 4.69) is 5.32 Å². The highest BCUT2D eigenvalue weighted by Gasteiger charge is 2.40. The van der Waals surface area contributed by atoms with Crippen LogP contribution in [-0.2, 0) is 22.7 Å². The van der Waals surface area contributed by atoms with Crippen molar-refractivity contribution in [3.63, 3.8) is 0 Å². The van der Waals surface area contributed by atoms with Gasteiger partial charge in [0.25, 0.3) is 5.91 Å². The van der Waals surface area contributed by atoms with Gasteiger partial charge < -0.3 is 14.7 Å². The highest BCUT2D eigenvalue weighted by Crippen LogP contribution is 2.33. The Morgan fingerprint density at radius 2 is 1.50 bits per heavy atom. The van der Waals surface area contributed by atoms with Crippen LogP contribution in [0, 0.1) is 11.6 Å². The maximum Gasteiger partial charge on any atom is 0.321 e. The molecule has 3 aromatic rings. The summed E-state index contributed by atoms with van der Waals surface area (Å²) in [6.07, 6.45) is 0.477. The molecule has 0 spiro atoms. The maximum atomic E-state index is 13.7. The molecule has 0 radical (unpaired) electrons. The maximum absolute atomic E-state index is 13.7. The zero-order chi connectivity index (χ0) is 28.0. The lowest BCUT2D eigenvalue weighted by molar-refractivity contribution is -0.136. The SMILES string of the molecule is O=C1CCC(N2Cc3cc(CN4CCN(C(c5ccc(F)cc5)c5ccc(F)cc5)C4=O)ccc3C2=O)C(=O)N1. The van der Waals surface area contributed by atoms with Crippen LogP contribution in [0.5, 0.6) is 0 Å². The lowest BCUT2D eigenvalue weighted by Crippen LogP contribution is -2.52. The molecule has 8 nitrogen and oxygen atoms in total. The second-order valence-electron chi connectivity index (χ2n) is 10.3. The largest absolute Gasteiger partial charge is 0.322 e. The molecule has 3 aromatic carbocycles. The van der Waals surface area contributed by atoms with E-state index in [4.69, 9.17) is 0 Å². The number of carbonyl (C=O) groups is 4. The summed E-state index contributed by atoms with van der Waals surface area (Å²) >= 11 is 0. The van der Waals surface area contributed by atoms with E-state index in [1.54, 1.807) is 46.2 Å². The van der Waals surface area contributed by atoms with Crippen LogP contribution >= 0.6 is 0 Å². The van der Waals surface area contributed by atoms with Crippen LogP contribution in [0.3, 0.4) is 0 Å². The molecule has 10 heteroatoms. The first-order valence-corrected chi connectivity index (χ1v) is 13.1. The smallest absolute Gasteiger partial charge is 0.321 e. The van der Waals surface area contributed by atoms with E-state index < -0.39 is 18.0 Å². The Balaban J connectivity index is 1.20. The average Bonchev–Trinajstić information content (AvgIpc) is 3.45. The minimum Gasteiger partial charge on any atom is -0.322 e. The molecular formula is C30H26F2N4O4. The first kappa shape index (κ1) is 25.7. The topological polar surface area (TPSA) is 90.0 Å². The number of urea groups is 1. The van der Waals surface area contributed by atoms with Gasteiger partial charge in [-0.05, 0) is 59.0 Å². The molecule has 3 aliphatic rings. The van der Waals surface area contributed by atoms with E-state index >= 15 is 0 Å². The van der Waals surface area contributed by atoms with Crippen LogP contribution in [0.15, 0.2) is 66.7 Å². The molecule has 0 bridgehead atoms. The van der Waals surface area contributed by atoms with Gasteiger partial charge in [0.15, 0.2) is 0 Å². The Morgan fingerprint density at radius 3 is 2.12 bits per heavy atom. The number of imide groups is 1. The fraction of sp³-hybridized carbons (Fsp3) is 0.267. The summed E-state index contributed by atoms with van der Waals surface area (Å²) in [5, 5.41) is 2.30. The Labute approximate surface area is 229 Å². The van der Waals surface area contributed by atoms with Gasteiger partial charge in [0.1, 0.15) is 17.7 Å². The van der Waals surface area contributed by atoms with Crippen molar-refractivity contribution in [1.82, 2.24) is 20.0 Å². The van der Waals surface area contributed by atoms with Crippen LogP contribution in [-0.4, -0.2) is 57.6 Å². The van der Waals surface area contributed by atoms with Crippen LogP contribution in [0.25, 0.3) is 0 Å². The molecule has 40 heavy (non-hydrogen) atoms. The summed E-state index contributed by atoms with van der Waals surface area (Å²) in [6, 6.07) is 15.9. The van der Waals surface area contributed by atoms with Gasteiger partial charge in [-0.25, -0.2) is 13.6 Å². The molecule has 1 N–H and O–H groups in total. The van der Waals surface area contributed by atoms with Crippen LogP contribution < -0.4 is 5.32 Å². The molecule has 2 fully saturated rings. The van der Waals surface area contributed by atoms with Gasteiger partial charge in [0.05, 0.1) is 6.04 Å². The average molecular weight is 545 g/mol. The van der Waals surface area contributed by atoms with E-state index in [-0.39, 0.29) is 42.4 Å². The molecule has 0 aliphatic carbocycles. The van der Waals surface area contributed by atoms with E-state index in [1.165, 1.54) is 29.2 Å². The van der Waals surface area contributed by atoms with Gasteiger partial charge in [-0.2, -0.15) is 0 Å². The zero-order valence-electron chi connectivity index (χ0n) is 21.5. The number of rotatable bonds is 6. The van der Waals surface area contributed by atoms with Crippen molar-refractivity contribution in [2.45, 2.75) is 38.0 Å². The fourth-order valence-electron chi connectivity index (χ4n) is 5.78. The Kier molecular flexibility index (Phi) is 6.53. The highest BCUT2D eigenvalue weighted by molar-refractivity contribution is 6.05. The molecule has 3 aliphatic heterocycles. The number of fused-ring (bicyclic) bond motifs is 1. The van der Waals surface area contributed by atoms with E-state index in [0.717, 1.165) is 11.1 Å². The first-order chi connectivity index (χ1) is 19.3. The number of hydrogen-bond acceptors (Lipinski definition) is 4. The lowest BCUT2D eigenvalue weighted by Gasteiger charge is -2.29. The normalized spacial score (nSPS) is 19.1. The summed E-state index contributed by atoms with van der Waals surface area (Å²) in [6.45, 7) is 1.45. The predicted octanol–water partition coefficient (Wildman–Crippen LogP) is 3.75. The number of nitrogens with zero attached hydrogens (tertiary/aromatic N) is 3. The highest BCUT2D eigenvalue weighted by atomic mass is 19.1. The quantitative estimate of drug-likeness (QED) is 0.479.